The molecule has 0 amide bonds. The molecule has 0 radical (unpaired) electrons. The first-order valence-corrected chi connectivity index (χ1v) is 10.1. The van der Waals surface area contributed by atoms with Crippen molar-refractivity contribution in [3.63, 3.8) is 0 Å². The van der Waals surface area contributed by atoms with E-state index in [1.165, 1.54) is 23.7 Å². The highest BCUT2D eigenvalue weighted by molar-refractivity contribution is 7.13. The smallest absolute Gasteiger partial charge is 0.416 e. The van der Waals surface area contributed by atoms with Gasteiger partial charge in [-0.05, 0) is 53.0 Å². The van der Waals surface area contributed by atoms with E-state index in [2.05, 4.69) is 4.37 Å². The van der Waals surface area contributed by atoms with Gasteiger partial charge in [0.25, 0.3) is 0 Å². The van der Waals surface area contributed by atoms with Gasteiger partial charge in [-0.25, -0.2) is 0 Å². The van der Waals surface area contributed by atoms with Crippen LogP contribution in [0.4, 0.5) is 19.0 Å². The maximum absolute atomic E-state index is 12.8. The highest BCUT2D eigenvalue weighted by Crippen LogP contribution is 2.33. The van der Waals surface area contributed by atoms with Gasteiger partial charge in [0.1, 0.15) is 18.2 Å². The van der Waals surface area contributed by atoms with Gasteiger partial charge in [-0.15, -0.1) is 0 Å². The first-order valence-electron chi connectivity index (χ1n) is 9.33. The first kappa shape index (κ1) is 20.2. The molecule has 0 aliphatic heterocycles. The molecule has 0 fully saturated rings. The van der Waals surface area contributed by atoms with Gasteiger partial charge >= 0.3 is 6.18 Å². The fourth-order valence-corrected chi connectivity index (χ4v) is 3.96. The molecule has 0 bridgehead atoms. The number of ether oxygens (including phenoxy) is 1. The zero-order valence-corrected chi connectivity index (χ0v) is 17.0. The van der Waals surface area contributed by atoms with Crippen LogP contribution in [-0.4, -0.2) is 11.4 Å². The molecule has 0 spiro atoms. The average Bonchev–Trinajstić information content (AvgIpc) is 3.16. The molecule has 0 saturated carbocycles. The van der Waals surface area contributed by atoms with Crippen LogP contribution < -0.4 is 9.64 Å². The summed E-state index contributed by atoms with van der Waals surface area (Å²) in [6.45, 7) is 0.923. The van der Waals surface area contributed by atoms with Crippen LogP contribution in [0.25, 0.3) is 10.1 Å². The summed E-state index contributed by atoms with van der Waals surface area (Å²) in [7, 11) is 1.88. The predicted molar refractivity (Wildman–Crippen MR) is 114 cm³/mol. The quantitative estimate of drug-likeness (QED) is 0.349. The SMILES string of the molecule is CN(Cc1ccc(C(F)(F)F)cc1)c1nsc2ccc(OCc3ccccc3)cc12. The lowest BCUT2D eigenvalue weighted by Crippen LogP contribution is -2.17. The number of anilines is 1. The van der Waals surface area contributed by atoms with Crippen molar-refractivity contribution < 1.29 is 17.9 Å². The Morgan fingerprint density at radius 3 is 2.37 bits per heavy atom. The maximum atomic E-state index is 12.8. The number of hydrogen-bond donors (Lipinski definition) is 0. The number of fused-ring (bicyclic) bond motifs is 1. The molecule has 1 aromatic heterocycles. The van der Waals surface area contributed by atoms with E-state index in [1.54, 1.807) is 0 Å². The van der Waals surface area contributed by atoms with Crippen molar-refractivity contribution in [3.05, 3.63) is 89.5 Å². The molecule has 3 aromatic carbocycles. The van der Waals surface area contributed by atoms with E-state index in [4.69, 9.17) is 4.74 Å². The number of hydrogen-bond acceptors (Lipinski definition) is 4. The summed E-state index contributed by atoms with van der Waals surface area (Å²) in [6, 6.07) is 21.0. The Kier molecular flexibility index (Phi) is 5.63. The van der Waals surface area contributed by atoms with Crippen LogP contribution in [-0.2, 0) is 19.3 Å². The Bertz CT molecular complexity index is 1120. The molecular weight excluding hydrogens is 409 g/mol. The standard InChI is InChI=1S/C23H19F3N2OS/c1-28(14-16-7-9-18(10-8-16)23(24,25)26)22-20-13-19(11-12-21(20)30-27-22)29-15-17-5-3-2-4-6-17/h2-13H,14-15H2,1H3. The molecule has 7 heteroatoms. The topological polar surface area (TPSA) is 25.4 Å². The molecule has 3 nitrogen and oxygen atoms in total. The first-order chi connectivity index (χ1) is 14.4. The molecule has 30 heavy (non-hydrogen) atoms. The van der Waals surface area contributed by atoms with Crippen molar-refractivity contribution in [2.75, 3.05) is 11.9 Å². The van der Waals surface area contributed by atoms with Crippen LogP contribution in [0.15, 0.2) is 72.8 Å². The minimum atomic E-state index is -4.33. The third-order valence-electron chi connectivity index (χ3n) is 4.73. The molecule has 0 N–H and O–H groups in total. The molecule has 0 atom stereocenters. The number of halogens is 3. The fourth-order valence-electron chi connectivity index (χ4n) is 3.16. The van der Waals surface area contributed by atoms with E-state index in [0.29, 0.717) is 13.2 Å². The second kappa shape index (κ2) is 8.36. The maximum Gasteiger partial charge on any atom is 0.416 e. The van der Waals surface area contributed by atoms with Crippen LogP contribution in [0, 0.1) is 0 Å². The number of alkyl halides is 3. The fraction of sp³-hybridized carbons (Fsp3) is 0.174. The van der Waals surface area contributed by atoms with Gasteiger partial charge < -0.3 is 9.64 Å². The van der Waals surface area contributed by atoms with Crippen molar-refractivity contribution in [3.8, 4) is 5.75 Å². The number of benzene rings is 3. The molecule has 0 unspecified atom stereocenters. The van der Waals surface area contributed by atoms with Crippen molar-refractivity contribution in [2.45, 2.75) is 19.3 Å². The average molecular weight is 428 g/mol. The Morgan fingerprint density at radius 2 is 1.67 bits per heavy atom. The Balaban J connectivity index is 1.50. The van der Waals surface area contributed by atoms with Crippen molar-refractivity contribution in [1.82, 2.24) is 4.37 Å². The summed E-state index contributed by atoms with van der Waals surface area (Å²) < 4.78 is 49.8. The van der Waals surface area contributed by atoms with E-state index in [1.807, 2.05) is 60.5 Å². The van der Waals surface area contributed by atoms with Crippen LogP contribution in [0.2, 0.25) is 0 Å². The lowest BCUT2D eigenvalue weighted by molar-refractivity contribution is -0.137. The third-order valence-corrected chi connectivity index (χ3v) is 5.55. The molecule has 0 aliphatic rings. The number of rotatable bonds is 6. The van der Waals surface area contributed by atoms with Crippen LogP contribution >= 0.6 is 11.5 Å². The summed E-state index contributed by atoms with van der Waals surface area (Å²) in [5.74, 6) is 1.52. The molecule has 0 saturated heterocycles. The summed E-state index contributed by atoms with van der Waals surface area (Å²) in [6.07, 6.45) is -4.33. The van der Waals surface area contributed by atoms with Gasteiger partial charge in [-0.2, -0.15) is 17.5 Å². The highest BCUT2D eigenvalue weighted by Gasteiger charge is 2.30. The molecule has 4 rings (SSSR count). The normalized spacial score (nSPS) is 11.6. The summed E-state index contributed by atoms with van der Waals surface area (Å²) in [5.41, 5.74) is 1.22. The van der Waals surface area contributed by atoms with Gasteiger partial charge in [0.05, 0.1) is 10.3 Å². The minimum Gasteiger partial charge on any atom is -0.489 e. The van der Waals surface area contributed by atoms with Crippen LogP contribution in [0.1, 0.15) is 16.7 Å². The largest absolute Gasteiger partial charge is 0.489 e. The van der Waals surface area contributed by atoms with E-state index < -0.39 is 11.7 Å². The summed E-state index contributed by atoms with van der Waals surface area (Å²) >= 11 is 1.39. The Labute approximate surface area is 176 Å². The van der Waals surface area contributed by atoms with Crippen LogP contribution in [0.5, 0.6) is 5.75 Å². The zero-order valence-electron chi connectivity index (χ0n) is 16.2. The van der Waals surface area contributed by atoms with Crippen molar-refractivity contribution in [1.29, 1.82) is 0 Å². The summed E-state index contributed by atoms with van der Waals surface area (Å²) in [4.78, 5) is 1.93. The number of aromatic nitrogens is 1. The molecular formula is C23H19F3N2OS. The van der Waals surface area contributed by atoms with Gasteiger partial charge in [0.2, 0.25) is 0 Å². The lowest BCUT2D eigenvalue weighted by Gasteiger charge is -2.18. The minimum absolute atomic E-state index is 0.450. The van der Waals surface area contributed by atoms with E-state index in [-0.39, 0.29) is 0 Å². The van der Waals surface area contributed by atoms with Crippen molar-refractivity contribution >= 4 is 27.4 Å². The van der Waals surface area contributed by atoms with E-state index >= 15 is 0 Å². The lowest BCUT2D eigenvalue weighted by atomic mass is 10.1. The van der Waals surface area contributed by atoms with E-state index in [0.717, 1.165) is 44.9 Å². The predicted octanol–water partition coefficient (Wildman–Crippen LogP) is 6.53. The van der Waals surface area contributed by atoms with E-state index in [9.17, 15) is 13.2 Å². The second-order valence-corrected chi connectivity index (χ2v) is 7.79. The van der Waals surface area contributed by atoms with Gasteiger partial charge in [0, 0.05) is 19.0 Å². The van der Waals surface area contributed by atoms with Gasteiger partial charge in [-0.1, -0.05) is 42.5 Å². The highest BCUT2D eigenvalue weighted by atomic mass is 32.1. The number of nitrogens with zero attached hydrogens (tertiary/aromatic N) is 2. The molecule has 154 valence electrons. The Morgan fingerprint density at radius 1 is 0.933 bits per heavy atom. The second-order valence-electron chi connectivity index (χ2n) is 6.99. The molecule has 1 heterocycles. The summed E-state index contributed by atoms with van der Waals surface area (Å²) in [5, 5.41) is 0.958. The molecule has 0 aliphatic carbocycles. The van der Waals surface area contributed by atoms with Crippen molar-refractivity contribution in [2.24, 2.45) is 0 Å². The monoisotopic (exact) mass is 428 g/mol. The third kappa shape index (κ3) is 4.57. The zero-order chi connectivity index (χ0) is 21.1. The molecule has 4 aromatic rings. The van der Waals surface area contributed by atoms with Gasteiger partial charge in [-0.3, -0.25) is 0 Å². The Hall–Kier alpha value is -3.06. The van der Waals surface area contributed by atoms with Crippen LogP contribution in [0.3, 0.4) is 0 Å². The van der Waals surface area contributed by atoms with Gasteiger partial charge in [0.15, 0.2) is 0 Å².